The Morgan fingerprint density at radius 3 is 2.62 bits per heavy atom. The number of aryl methyl sites for hydroxylation is 2. The molecular formula is C14H13N3O4. The van der Waals surface area contributed by atoms with Gasteiger partial charge in [-0.25, -0.2) is 4.79 Å². The Labute approximate surface area is 120 Å². The second-order valence-electron chi connectivity index (χ2n) is 4.38. The van der Waals surface area contributed by atoms with Gasteiger partial charge >= 0.3 is 12.0 Å². The molecule has 1 heterocycles. The average Bonchev–Trinajstić information content (AvgIpc) is 2.81. The zero-order valence-electron chi connectivity index (χ0n) is 11.5. The molecule has 0 radical (unpaired) electrons. The number of carbonyl (C=O) groups excluding carboxylic acids is 1. The fourth-order valence-corrected chi connectivity index (χ4v) is 1.72. The molecule has 0 aliphatic rings. The monoisotopic (exact) mass is 287 g/mol. The lowest BCUT2D eigenvalue weighted by Crippen LogP contribution is -2.12. The average molecular weight is 287 g/mol. The second kappa shape index (κ2) is 6.00. The second-order valence-corrected chi connectivity index (χ2v) is 4.38. The van der Waals surface area contributed by atoms with E-state index < -0.39 is 11.9 Å². The van der Waals surface area contributed by atoms with Crippen LogP contribution in [0.5, 0.6) is 0 Å². The number of hydrogen-bond acceptors (Lipinski definition) is 5. The van der Waals surface area contributed by atoms with Gasteiger partial charge in [0.15, 0.2) is 0 Å². The van der Waals surface area contributed by atoms with Crippen LogP contribution in [0.15, 0.2) is 28.7 Å². The number of carboxylic acids is 1. The molecule has 0 atom stereocenters. The lowest BCUT2D eigenvalue weighted by atomic mass is 10.1. The fraction of sp³-hybridized carbons (Fsp3) is 0.143. The van der Waals surface area contributed by atoms with Crippen molar-refractivity contribution in [3.63, 3.8) is 0 Å². The van der Waals surface area contributed by atoms with Crippen LogP contribution in [0, 0.1) is 13.8 Å². The van der Waals surface area contributed by atoms with Crippen molar-refractivity contribution in [1.29, 1.82) is 0 Å². The van der Waals surface area contributed by atoms with Gasteiger partial charge in [-0.2, -0.15) is 0 Å². The van der Waals surface area contributed by atoms with Gasteiger partial charge in [0.1, 0.15) is 0 Å². The maximum Gasteiger partial charge on any atom is 0.328 e. The van der Waals surface area contributed by atoms with Crippen LogP contribution >= 0.6 is 0 Å². The molecule has 1 aromatic heterocycles. The molecule has 0 unspecified atom stereocenters. The largest absolute Gasteiger partial charge is 0.478 e. The molecule has 0 aliphatic heterocycles. The van der Waals surface area contributed by atoms with E-state index in [4.69, 9.17) is 9.52 Å². The fourth-order valence-electron chi connectivity index (χ4n) is 1.72. The first-order chi connectivity index (χ1) is 9.94. The van der Waals surface area contributed by atoms with Crippen LogP contribution in [0.1, 0.15) is 27.4 Å². The number of carboxylic acid groups (broad SMARTS) is 1. The van der Waals surface area contributed by atoms with Gasteiger partial charge in [0.05, 0.1) is 0 Å². The predicted octanol–water partition coefficient (Wildman–Crippen LogP) is 2.04. The van der Waals surface area contributed by atoms with E-state index in [0.29, 0.717) is 17.0 Å². The Morgan fingerprint density at radius 1 is 1.24 bits per heavy atom. The van der Waals surface area contributed by atoms with Crippen molar-refractivity contribution in [3.05, 3.63) is 46.9 Å². The lowest BCUT2D eigenvalue weighted by Gasteiger charge is -2.04. The Hall–Kier alpha value is -2.96. The molecule has 0 fully saturated rings. The summed E-state index contributed by atoms with van der Waals surface area (Å²) in [6.45, 7) is 3.43. The minimum Gasteiger partial charge on any atom is -0.478 e. The maximum atomic E-state index is 12.1. The summed E-state index contributed by atoms with van der Waals surface area (Å²) in [5, 5.41) is 18.4. The van der Waals surface area contributed by atoms with Gasteiger partial charge in [0.25, 0.3) is 5.91 Å². The van der Waals surface area contributed by atoms with Gasteiger partial charge in [0.2, 0.25) is 5.89 Å². The topological polar surface area (TPSA) is 105 Å². The molecule has 108 valence electrons. The van der Waals surface area contributed by atoms with Crippen LogP contribution in [-0.4, -0.2) is 27.2 Å². The molecule has 7 nitrogen and oxygen atoms in total. The van der Waals surface area contributed by atoms with E-state index in [-0.39, 0.29) is 6.01 Å². The first-order valence-electron chi connectivity index (χ1n) is 6.08. The highest BCUT2D eigenvalue weighted by atomic mass is 16.4. The van der Waals surface area contributed by atoms with Crippen molar-refractivity contribution in [2.24, 2.45) is 0 Å². The van der Waals surface area contributed by atoms with Gasteiger partial charge in [0, 0.05) is 18.6 Å². The first kappa shape index (κ1) is 14.4. The Balaban J connectivity index is 2.22. The van der Waals surface area contributed by atoms with Crippen molar-refractivity contribution in [2.75, 3.05) is 5.32 Å². The molecule has 0 saturated carbocycles. The van der Waals surface area contributed by atoms with Gasteiger partial charge in [-0.05, 0) is 36.3 Å². The third-order valence-electron chi connectivity index (χ3n) is 2.53. The summed E-state index contributed by atoms with van der Waals surface area (Å²) in [7, 11) is 0. The van der Waals surface area contributed by atoms with Gasteiger partial charge < -0.3 is 9.52 Å². The number of nitrogens with one attached hydrogen (secondary N) is 1. The number of carbonyl (C=O) groups is 2. The third kappa shape index (κ3) is 4.00. The lowest BCUT2D eigenvalue weighted by molar-refractivity contribution is -0.131. The Bertz CT molecular complexity index is 719. The number of aliphatic carboxylic acids is 1. The SMILES string of the molecule is Cc1cc(/C=C/C(=O)O)cc(C(=O)Nc2nnc(C)o2)c1. The minimum atomic E-state index is -1.05. The molecule has 21 heavy (non-hydrogen) atoms. The molecule has 1 aromatic carbocycles. The minimum absolute atomic E-state index is 0.0154. The van der Waals surface area contributed by atoms with Crippen LogP contribution < -0.4 is 5.32 Å². The van der Waals surface area contributed by atoms with E-state index in [1.165, 1.54) is 6.08 Å². The van der Waals surface area contributed by atoms with Crippen molar-refractivity contribution >= 4 is 24.0 Å². The number of anilines is 1. The third-order valence-corrected chi connectivity index (χ3v) is 2.53. The van der Waals surface area contributed by atoms with E-state index in [9.17, 15) is 9.59 Å². The molecule has 2 N–H and O–H groups in total. The molecule has 0 aliphatic carbocycles. The summed E-state index contributed by atoms with van der Waals surface area (Å²) in [6, 6.07) is 5.04. The molecule has 2 rings (SSSR count). The standard InChI is InChI=1S/C14H13N3O4/c1-8-5-10(3-4-12(18)19)7-11(6-8)13(20)15-14-17-16-9(2)21-14/h3-7H,1-2H3,(H,18,19)(H,15,17,20)/b4-3+. The van der Waals surface area contributed by atoms with E-state index in [0.717, 1.165) is 11.6 Å². The van der Waals surface area contributed by atoms with Crippen molar-refractivity contribution in [1.82, 2.24) is 10.2 Å². The first-order valence-corrected chi connectivity index (χ1v) is 6.08. The molecule has 1 amide bonds. The summed E-state index contributed by atoms with van der Waals surface area (Å²) in [4.78, 5) is 22.6. The van der Waals surface area contributed by atoms with Crippen molar-refractivity contribution < 1.29 is 19.1 Å². The zero-order valence-corrected chi connectivity index (χ0v) is 11.5. The summed E-state index contributed by atoms with van der Waals surface area (Å²) in [6.07, 6.45) is 2.43. The highest BCUT2D eigenvalue weighted by Gasteiger charge is 2.11. The van der Waals surface area contributed by atoms with Crippen LogP contribution in [0.2, 0.25) is 0 Å². The van der Waals surface area contributed by atoms with Crippen LogP contribution in [0.3, 0.4) is 0 Å². The van der Waals surface area contributed by atoms with Gasteiger partial charge in [-0.3, -0.25) is 10.1 Å². The Morgan fingerprint density at radius 2 is 2.00 bits per heavy atom. The van der Waals surface area contributed by atoms with Crippen LogP contribution in [-0.2, 0) is 4.79 Å². The van der Waals surface area contributed by atoms with Gasteiger partial charge in [-0.1, -0.05) is 11.2 Å². The van der Waals surface area contributed by atoms with E-state index in [2.05, 4.69) is 15.5 Å². The highest BCUT2D eigenvalue weighted by molar-refractivity contribution is 6.03. The predicted molar refractivity (Wildman–Crippen MR) is 74.8 cm³/mol. The normalized spacial score (nSPS) is 10.8. The highest BCUT2D eigenvalue weighted by Crippen LogP contribution is 2.13. The molecule has 0 bridgehead atoms. The van der Waals surface area contributed by atoms with Crippen LogP contribution in [0.25, 0.3) is 6.08 Å². The summed E-state index contributed by atoms with van der Waals surface area (Å²) in [5.41, 5.74) is 1.81. The summed E-state index contributed by atoms with van der Waals surface area (Å²) in [5.74, 6) is -1.12. The smallest absolute Gasteiger partial charge is 0.328 e. The zero-order chi connectivity index (χ0) is 15.4. The molecule has 0 spiro atoms. The Kier molecular flexibility index (Phi) is 4.13. The number of aromatic nitrogens is 2. The number of amides is 1. The summed E-state index contributed by atoms with van der Waals surface area (Å²) >= 11 is 0. The van der Waals surface area contributed by atoms with Crippen molar-refractivity contribution in [2.45, 2.75) is 13.8 Å². The molecule has 0 saturated heterocycles. The molecule has 7 heteroatoms. The quantitative estimate of drug-likeness (QED) is 0.833. The number of benzene rings is 1. The van der Waals surface area contributed by atoms with Crippen LogP contribution in [0.4, 0.5) is 6.01 Å². The summed E-state index contributed by atoms with van der Waals surface area (Å²) < 4.78 is 5.07. The van der Waals surface area contributed by atoms with Crippen molar-refractivity contribution in [3.8, 4) is 0 Å². The van der Waals surface area contributed by atoms with E-state index in [1.54, 1.807) is 25.1 Å². The molecular weight excluding hydrogens is 274 g/mol. The number of nitrogens with zero attached hydrogens (tertiary/aromatic N) is 2. The molecule has 2 aromatic rings. The number of hydrogen-bond donors (Lipinski definition) is 2. The van der Waals surface area contributed by atoms with E-state index in [1.807, 2.05) is 6.92 Å². The maximum absolute atomic E-state index is 12.1. The number of rotatable bonds is 4. The van der Waals surface area contributed by atoms with E-state index >= 15 is 0 Å². The van der Waals surface area contributed by atoms with Gasteiger partial charge in [-0.15, -0.1) is 5.10 Å².